The maximum atomic E-state index is 11.8. The van der Waals surface area contributed by atoms with Crippen LogP contribution in [0.1, 0.15) is 6.42 Å². The van der Waals surface area contributed by atoms with E-state index in [4.69, 9.17) is 10.2 Å². The second-order valence-corrected chi connectivity index (χ2v) is 4.35. The highest BCUT2D eigenvalue weighted by Gasteiger charge is 2.07. The number of thioether (sulfide) groups is 1. The summed E-state index contributed by atoms with van der Waals surface area (Å²) in [6.45, 7) is 0. The minimum atomic E-state index is -1.66. The van der Waals surface area contributed by atoms with Crippen molar-refractivity contribution in [2.24, 2.45) is 0 Å². The standard InChI is InChI=1S/C11H10F2N2OS/c12-9(13)5-2-6-17-11-15-10-7(14)3-1-4-8(10)16-11/h1,3-5H,2,6,14H2. The lowest BCUT2D eigenvalue weighted by molar-refractivity contribution is 0.418. The molecule has 17 heavy (non-hydrogen) atoms. The lowest BCUT2D eigenvalue weighted by Crippen LogP contribution is -1.84. The average Bonchev–Trinajstić information content (AvgIpc) is 2.69. The van der Waals surface area contributed by atoms with Crippen LogP contribution in [0.2, 0.25) is 0 Å². The Bertz CT molecular complexity index is 549. The molecule has 1 aromatic heterocycles. The van der Waals surface area contributed by atoms with Gasteiger partial charge in [0.2, 0.25) is 0 Å². The first kappa shape index (κ1) is 11.9. The molecule has 2 rings (SSSR count). The molecule has 90 valence electrons. The average molecular weight is 256 g/mol. The summed E-state index contributed by atoms with van der Waals surface area (Å²) in [6.07, 6.45) is -0.502. The van der Waals surface area contributed by atoms with Crippen molar-refractivity contribution < 1.29 is 13.2 Å². The van der Waals surface area contributed by atoms with Crippen LogP contribution in [0.15, 0.2) is 40.0 Å². The van der Waals surface area contributed by atoms with Crippen LogP contribution in [0, 0.1) is 0 Å². The molecule has 0 bridgehead atoms. The highest BCUT2D eigenvalue weighted by atomic mass is 32.2. The third-order valence-corrected chi connectivity index (χ3v) is 2.93. The summed E-state index contributed by atoms with van der Waals surface area (Å²) < 4.78 is 29.0. The first-order valence-corrected chi connectivity index (χ1v) is 5.94. The maximum Gasteiger partial charge on any atom is 0.266 e. The van der Waals surface area contributed by atoms with Gasteiger partial charge in [0, 0.05) is 5.75 Å². The van der Waals surface area contributed by atoms with E-state index in [0.717, 1.165) is 6.08 Å². The topological polar surface area (TPSA) is 52.0 Å². The molecule has 1 aromatic carbocycles. The Kier molecular flexibility index (Phi) is 3.63. The van der Waals surface area contributed by atoms with Crippen molar-refractivity contribution in [3.63, 3.8) is 0 Å². The minimum absolute atomic E-state index is 0.279. The molecule has 2 N–H and O–H groups in total. The molecule has 0 saturated carbocycles. The second kappa shape index (κ2) is 5.18. The first-order valence-electron chi connectivity index (χ1n) is 4.96. The van der Waals surface area contributed by atoms with Crippen LogP contribution < -0.4 is 5.73 Å². The smallest absolute Gasteiger partial charge is 0.266 e. The van der Waals surface area contributed by atoms with Crippen LogP contribution in [0.5, 0.6) is 0 Å². The number of oxazole rings is 1. The summed E-state index contributed by atoms with van der Waals surface area (Å²) in [7, 11) is 0. The summed E-state index contributed by atoms with van der Waals surface area (Å²) in [4.78, 5) is 4.19. The predicted octanol–water partition coefficient (Wildman–Crippen LogP) is 3.67. The molecule has 0 fully saturated rings. The Morgan fingerprint density at radius 3 is 3.00 bits per heavy atom. The van der Waals surface area contributed by atoms with Crippen LogP contribution in [0.4, 0.5) is 14.5 Å². The number of halogens is 2. The summed E-state index contributed by atoms with van der Waals surface area (Å²) in [6, 6.07) is 5.28. The maximum absolute atomic E-state index is 11.8. The number of fused-ring (bicyclic) bond motifs is 1. The predicted molar refractivity (Wildman–Crippen MR) is 64.1 cm³/mol. The van der Waals surface area contributed by atoms with Crippen molar-refractivity contribution in [3.8, 4) is 0 Å². The molecule has 0 unspecified atom stereocenters. The van der Waals surface area contributed by atoms with Crippen LogP contribution in [0.25, 0.3) is 11.1 Å². The fraction of sp³-hybridized carbons (Fsp3) is 0.182. The molecule has 0 spiro atoms. The molecular weight excluding hydrogens is 246 g/mol. The quantitative estimate of drug-likeness (QED) is 0.515. The number of anilines is 1. The number of hydrogen-bond acceptors (Lipinski definition) is 4. The van der Waals surface area contributed by atoms with Crippen molar-refractivity contribution in [1.82, 2.24) is 4.98 Å². The van der Waals surface area contributed by atoms with Gasteiger partial charge >= 0.3 is 0 Å². The molecule has 0 aliphatic heterocycles. The van der Waals surface area contributed by atoms with Gasteiger partial charge in [-0.3, -0.25) is 0 Å². The molecule has 0 amide bonds. The van der Waals surface area contributed by atoms with E-state index in [1.807, 2.05) is 0 Å². The van der Waals surface area contributed by atoms with Gasteiger partial charge in [-0.25, -0.2) is 4.98 Å². The van der Waals surface area contributed by atoms with Crippen LogP contribution >= 0.6 is 11.8 Å². The van der Waals surface area contributed by atoms with Crippen molar-refractivity contribution in [2.75, 3.05) is 11.5 Å². The number of nitrogens with two attached hydrogens (primary N) is 1. The summed E-state index contributed by atoms with van der Waals surface area (Å²) >= 11 is 1.29. The van der Waals surface area contributed by atoms with E-state index in [1.54, 1.807) is 18.2 Å². The lowest BCUT2D eigenvalue weighted by Gasteiger charge is -1.90. The van der Waals surface area contributed by atoms with Crippen LogP contribution in [-0.2, 0) is 0 Å². The molecular formula is C11H10F2N2OS. The van der Waals surface area contributed by atoms with Gasteiger partial charge < -0.3 is 10.2 Å². The van der Waals surface area contributed by atoms with Crippen molar-refractivity contribution in [3.05, 3.63) is 30.4 Å². The molecule has 0 atom stereocenters. The zero-order chi connectivity index (χ0) is 12.3. The normalized spacial score (nSPS) is 10.7. The number of aromatic nitrogens is 1. The molecule has 0 radical (unpaired) electrons. The number of para-hydroxylation sites is 1. The highest BCUT2D eigenvalue weighted by molar-refractivity contribution is 7.99. The van der Waals surface area contributed by atoms with Gasteiger partial charge in [0.1, 0.15) is 5.52 Å². The summed E-state index contributed by atoms with van der Waals surface area (Å²) in [5.74, 6) is 0.490. The Hall–Kier alpha value is -1.56. The number of rotatable bonds is 4. The number of nitrogen functional groups attached to an aromatic ring is 1. The Labute approximate surface area is 101 Å². The van der Waals surface area contributed by atoms with Gasteiger partial charge in [0.25, 0.3) is 11.3 Å². The third-order valence-electron chi connectivity index (χ3n) is 2.07. The summed E-state index contributed by atoms with van der Waals surface area (Å²) in [5.41, 5.74) is 7.50. The molecule has 0 aliphatic carbocycles. The Morgan fingerprint density at radius 1 is 1.47 bits per heavy atom. The van der Waals surface area contributed by atoms with Crippen LogP contribution in [-0.4, -0.2) is 10.7 Å². The highest BCUT2D eigenvalue weighted by Crippen LogP contribution is 2.27. The SMILES string of the molecule is Nc1cccc2oc(SCCC=C(F)F)nc12. The van der Waals surface area contributed by atoms with Gasteiger partial charge in [-0.15, -0.1) is 0 Å². The number of hydrogen-bond donors (Lipinski definition) is 1. The molecule has 3 nitrogen and oxygen atoms in total. The molecule has 2 aromatic rings. The third kappa shape index (κ3) is 2.97. The van der Waals surface area contributed by atoms with Crippen LogP contribution in [0.3, 0.4) is 0 Å². The van der Waals surface area contributed by atoms with Crippen molar-refractivity contribution in [2.45, 2.75) is 11.6 Å². The lowest BCUT2D eigenvalue weighted by atomic mass is 10.3. The van der Waals surface area contributed by atoms with E-state index >= 15 is 0 Å². The monoisotopic (exact) mass is 256 g/mol. The molecule has 0 aliphatic rings. The Morgan fingerprint density at radius 2 is 2.29 bits per heavy atom. The van der Waals surface area contributed by atoms with E-state index < -0.39 is 6.08 Å². The zero-order valence-corrected chi connectivity index (χ0v) is 9.64. The Balaban J connectivity index is 2.05. The van der Waals surface area contributed by atoms with Crippen molar-refractivity contribution >= 4 is 28.5 Å². The van der Waals surface area contributed by atoms with Gasteiger partial charge in [-0.05, 0) is 24.6 Å². The largest absolute Gasteiger partial charge is 0.431 e. The first-order chi connectivity index (χ1) is 8.16. The van der Waals surface area contributed by atoms with Gasteiger partial charge in [0.05, 0.1) is 5.69 Å². The fourth-order valence-corrected chi connectivity index (χ4v) is 2.04. The minimum Gasteiger partial charge on any atom is -0.431 e. The zero-order valence-electron chi connectivity index (χ0n) is 8.82. The van der Waals surface area contributed by atoms with E-state index in [1.165, 1.54) is 11.8 Å². The van der Waals surface area contributed by atoms with E-state index in [0.29, 0.717) is 27.8 Å². The fourth-order valence-electron chi connectivity index (χ4n) is 1.33. The molecule has 0 saturated heterocycles. The van der Waals surface area contributed by atoms with Crippen molar-refractivity contribution in [1.29, 1.82) is 0 Å². The number of nitrogens with zero attached hydrogens (tertiary/aromatic N) is 1. The van der Waals surface area contributed by atoms with Gasteiger partial charge in [-0.1, -0.05) is 17.8 Å². The molecule has 1 heterocycles. The molecule has 6 heteroatoms. The van der Waals surface area contributed by atoms with E-state index in [-0.39, 0.29) is 6.42 Å². The van der Waals surface area contributed by atoms with E-state index in [9.17, 15) is 8.78 Å². The number of allylic oxidation sites excluding steroid dienone is 1. The van der Waals surface area contributed by atoms with E-state index in [2.05, 4.69) is 4.98 Å². The number of benzene rings is 1. The summed E-state index contributed by atoms with van der Waals surface area (Å²) in [5, 5.41) is 0.450. The van der Waals surface area contributed by atoms with Gasteiger partial charge in [0.15, 0.2) is 5.58 Å². The second-order valence-electron chi connectivity index (χ2n) is 3.30. The van der Waals surface area contributed by atoms with Gasteiger partial charge in [-0.2, -0.15) is 8.78 Å².